The Morgan fingerprint density at radius 3 is 2.50 bits per heavy atom. The summed E-state index contributed by atoms with van der Waals surface area (Å²) in [5, 5.41) is 24.1. The highest BCUT2D eigenvalue weighted by Crippen LogP contribution is 2.30. The predicted octanol–water partition coefficient (Wildman–Crippen LogP) is 5.33. The first kappa shape index (κ1) is 27.0. The van der Waals surface area contributed by atoms with E-state index in [1.165, 1.54) is 18.0 Å². The molecule has 4 aromatic rings. The van der Waals surface area contributed by atoms with Crippen LogP contribution >= 0.6 is 23.4 Å². The zero-order valence-corrected chi connectivity index (χ0v) is 22.4. The summed E-state index contributed by atoms with van der Waals surface area (Å²) < 4.78 is 12.8. The highest BCUT2D eigenvalue weighted by molar-refractivity contribution is 7.99. The first-order valence-electron chi connectivity index (χ1n) is 11.8. The number of carbonyl (C=O) groups excluding carboxylic acids is 1. The van der Waals surface area contributed by atoms with Gasteiger partial charge in [-0.15, -0.1) is 10.2 Å². The predicted molar refractivity (Wildman–Crippen MR) is 149 cm³/mol. The number of aromatic nitrogens is 3. The molecule has 0 spiro atoms. The first-order chi connectivity index (χ1) is 18.5. The monoisotopic (exact) mass is 551 g/mol. The molecular formula is C27H26ClN5O4S. The summed E-state index contributed by atoms with van der Waals surface area (Å²) in [6.45, 7) is 4.74. The first-order valence-corrected chi connectivity index (χ1v) is 13.2. The fourth-order valence-corrected chi connectivity index (χ4v) is 4.36. The van der Waals surface area contributed by atoms with Gasteiger partial charge in [-0.3, -0.25) is 9.36 Å². The van der Waals surface area contributed by atoms with E-state index in [1.807, 2.05) is 54.8 Å². The number of ether oxygens (including phenoxy) is 2. The molecule has 3 aromatic carbocycles. The van der Waals surface area contributed by atoms with Crippen LogP contribution < -0.4 is 14.9 Å². The third kappa shape index (κ3) is 6.64. The van der Waals surface area contributed by atoms with E-state index in [0.29, 0.717) is 40.5 Å². The molecule has 38 heavy (non-hydrogen) atoms. The van der Waals surface area contributed by atoms with E-state index in [4.69, 9.17) is 21.1 Å². The summed E-state index contributed by atoms with van der Waals surface area (Å²) in [6, 6.07) is 19.9. The number of amides is 1. The third-order valence-electron chi connectivity index (χ3n) is 5.20. The Kier molecular flexibility index (Phi) is 9.23. The van der Waals surface area contributed by atoms with E-state index in [9.17, 15) is 9.90 Å². The molecule has 0 unspecified atom stereocenters. The summed E-state index contributed by atoms with van der Waals surface area (Å²) in [7, 11) is 0. The highest BCUT2D eigenvalue weighted by Gasteiger charge is 2.17. The number of benzene rings is 3. The van der Waals surface area contributed by atoms with Gasteiger partial charge in [-0.2, -0.15) is 5.10 Å². The standard InChI is InChI=1S/C27H26ClN5O4S/c1-3-36-22-14-12-21(13-15-22)33-26(18-8-10-20(28)11-9-18)31-32-27(33)38-17-24(34)30-29-16-19-6-5-7-23(25(19)35)37-4-2/h5-16,35H,3-4,17H2,1-2H3,(H,30,34). The van der Waals surface area contributed by atoms with Crippen LogP contribution in [-0.2, 0) is 4.79 Å². The summed E-state index contributed by atoms with van der Waals surface area (Å²) >= 11 is 7.29. The molecule has 11 heteroatoms. The van der Waals surface area contributed by atoms with Crippen LogP contribution in [0, 0.1) is 0 Å². The second kappa shape index (κ2) is 13.0. The molecule has 1 amide bonds. The van der Waals surface area contributed by atoms with E-state index in [0.717, 1.165) is 17.0 Å². The lowest BCUT2D eigenvalue weighted by molar-refractivity contribution is -0.118. The minimum Gasteiger partial charge on any atom is -0.504 e. The van der Waals surface area contributed by atoms with Gasteiger partial charge in [0.1, 0.15) is 5.75 Å². The number of hydrogen-bond donors (Lipinski definition) is 2. The fourth-order valence-electron chi connectivity index (χ4n) is 3.49. The second-order valence-electron chi connectivity index (χ2n) is 7.78. The summed E-state index contributed by atoms with van der Waals surface area (Å²) in [6.07, 6.45) is 1.36. The molecule has 0 aliphatic heterocycles. The van der Waals surface area contributed by atoms with Gasteiger partial charge in [0.25, 0.3) is 5.91 Å². The van der Waals surface area contributed by atoms with E-state index in [-0.39, 0.29) is 17.4 Å². The minimum absolute atomic E-state index is 0.0398. The van der Waals surface area contributed by atoms with Crippen molar-refractivity contribution in [1.29, 1.82) is 0 Å². The Hall–Kier alpha value is -4.02. The van der Waals surface area contributed by atoms with Crippen molar-refractivity contribution in [1.82, 2.24) is 20.2 Å². The Bertz CT molecular complexity index is 1410. The molecule has 1 aromatic heterocycles. The molecular weight excluding hydrogens is 526 g/mol. The maximum absolute atomic E-state index is 12.5. The summed E-state index contributed by atoms with van der Waals surface area (Å²) in [5.41, 5.74) is 4.54. The van der Waals surface area contributed by atoms with Crippen LogP contribution in [0.3, 0.4) is 0 Å². The van der Waals surface area contributed by atoms with E-state index in [2.05, 4.69) is 20.7 Å². The van der Waals surface area contributed by atoms with Crippen LogP contribution in [0.4, 0.5) is 0 Å². The smallest absolute Gasteiger partial charge is 0.250 e. The molecule has 0 aliphatic carbocycles. The van der Waals surface area contributed by atoms with Crippen molar-refractivity contribution < 1.29 is 19.4 Å². The number of nitrogens with zero attached hydrogens (tertiary/aromatic N) is 4. The third-order valence-corrected chi connectivity index (χ3v) is 6.38. The minimum atomic E-state index is -0.346. The second-order valence-corrected chi connectivity index (χ2v) is 9.16. The zero-order valence-electron chi connectivity index (χ0n) is 20.8. The normalized spacial score (nSPS) is 11.0. The zero-order chi connectivity index (χ0) is 26.9. The number of phenols is 1. The number of thioether (sulfide) groups is 1. The molecule has 196 valence electrons. The topological polar surface area (TPSA) is 111 Å². The van der Waals surface area contributed by atoms with Crippen LogP contribution in [-0.4, -0.2) is 51.0 Å². The number of nitrogens with one attached hydrogen (secondary N) is 1. The van der Waals surface area contributed by atoms with Gasteiger partial charge in [-0.25, -0.2) is 5.43 Å². The molecule has 0 atom stereocenters. The molecule has 2 N–H and O–H groups in total. The van der Waals surface area contributed by atoms with Crippen molar-refractivity contribution in [2.24, 2.45) is 5.10 Å². The average molecular weight is 552 g/mol. The molecule has 0 bridgehead atoms. The van der Waals surface area contributed by atoms with Crippen molar-refractivity contribution in [3.8, 4) is 34.3 Å². The number of rotatable bonds is 11. The van der Waals surface area contributed by atoms with Crippen LogP contribution in [0.1, 0.15) is 19.4 Å². The number of carbonyl (C=O) groups is 1. The molecule has 0 saturated carbocycles. The van der Waals surface area contributed by atoms with Crippen LogP contribution in [0.5, 0.6) is 17.2 Å². The molecule has 9 nitrogen and oxygen atoms in total. The number of halogens is 1. The van der Waals surface area contributed by atoms with Crippen LogP contribution in [0.15, 0.2) is 77.0 Å². The molecule has 4 rings (SSSR count). The van der Waals surface area contributed by atoms with Crippen molar-refractivity contribution in [3.05, 3.63) is 77.3 Å². The number of para-hydroxylation sites is 1. The number of hydrazone groups is 1. The van der Waals surface area contributed by atoms with Gasteiger partial charge in [0.2, 0.25) is 0 Å². The van der Waals surface area contributed by atoms with Crippen molar-refractivity contribution in [3.63, 3.8) is 0 Å². The molecule has 1 heterocycles. The van der Waals surface area contributed by atoms with Crippen molar-refractivity contribution in [2.45, 2.75) is 19.0 Å². The molecule has 0 fully saturated rings. The lowest BCUT2D eigenvalue weighted by Gasteiger charge is -2.11. The maximum Gasteiger partial charge on any atom is 0.250 e. The largest absolute Gasteiger partial charge is 0.504 e. The van der Waals surface area contributed by atoms with Gasteiger partial charge >= 0.3 is 0 Å². The maximum atomic E-state index is 12.5. The average Bonchev–Trinajstić information content (AvgIpc) is 3.34. The number of phenolic OH excluding ortho intramolecular Hbond substituents is 1. The number of hydrogen-bond acceptors (Lipinski definition) is 8. The van der Waals surface area contributed by atoms with Crippen LogP contribution in [0.2, 0.25) is 5.02 Å². The van der Waals surface area contributed by atoms with Gasteiger partial charge in [-0.05, 0) is 74.5 Å². The van der Waals surface area contributed by atoms with E-state index in [1.54, 1.807) is 30.3 Å². The Morgan fingerprint density at radius 1 is 1.05 bits per heavy atom. The van der Waals surface area contributed by atoms with Crippen molar-refractivity contribution >= 4 is 35.5 Å². The van der Waals surface area contributed by atoms with E-state index >= 15 is 0 Å². The highest BCUT2D eigenvalue weighted by atomic mass is 35.5. The molecule has 0 aliphatic rings. The summed E-state index contributed by atoms with van der Waals surface area (Å²) in [4.78, 5) is 12.5. The quantitative estimate of drug-likeness (QED) is 0.147. The Labute approximate surface area is 229 Å². The SMILES string of the molecule is CCOc1ccc(-n2c(SCC(=O)NN=Cc3cccc(OCC)c3O)nnc2-c2ccc(Cl)cc2)cc1. The lowest BCUT2D eigenvalue weighted by atomic mass is 10.2. The van der Waals surface area contributed by atoms with Crippen molar-refractivity contribution in [2.75, 3.05) is 19.0 Å². The molecule has 0 saturated heterocycles. The van der Waals surface area contributed by atoms with Gasteiger partial charge in [-0.1, -0.05) is 29.4 Å². The molecule has 0 radical (unpaired) electrons. The van der Waals surface area contributed by atoms with E-state index < -0.39 is 0 Å². The fraction of sp³-hybridized carbons (Fsp3) is 0.185. The van der Waals surface area contributed by atoms with Gasteiger partial charge in [0, 0.05) is 21.8 Å². The lowest BCUT2D eigenvalue weighted by Crippen LogP contribution is -2.20. The van der Waals surface area contributed by atoms with Gasteiger partial charge in [0.15, 0.2) is 22.5 Å². The van der Waals surface area contributed by atoms with Crippen LogP contribution in [0.25, 0.3) is 17.1 Å². The number of aromatic hydroxyl groups is 1. The van der Waals surface area contributed by atoms with Gasteiger partial charge in [0.05, 0.1) is 25.2 Å². The summed E-state index contributed by atoms with van der Waals surface area (Å²) in [5.74, 6) is 1.36. The Balaban J connectivity index is 1.50. The van der Waals surface area contributed by atoms with Gasteiger partial charge < -0.3 is 14.6 Å². The Morgan fingerprint density at radius 2 is 1.79 bits per heavy atom.